The van der Waals surface area contributed by atoms with Crippen molar-refractivity contribution in [3.63, 3.8) is 0 Å². The molecule has 0 radical (unpaired) electrons. The second kappa shape index (κ2) is 9.07. The maximum Gasteiger partial charge on any atom is 0.308 e. The summed E-state index contributed by atoms with van der Waals surface area (Å²) in [5.74, 6) is -0.0243. The summed E-state index contributed by atoms with van der Waals surface area (Å²) in [6.45, 7) is 0. The Labute approximate surface area is 179 Å². The van der Waals surface area contributed by atoms with Crippen LogP contribution in [0.5, 0.6) is 5.88 Å². The number of halogens is 1. The molecule has 0 bridgehead atoms. The Morgan fingerprint density at radius 3 is 2.77 bits per heavy atom. The zero-order chi connectivity index (χ0) is 21.8. The van der Waals surface area contributed by atoms with Crippen LogP contribution in [0.3, 0.4) is 0 Å². The summed E-state index contributed by atoms with van der Waals surface area (Å²) in [6, 6.07) is 11.1. The van der Waals surface area contributed by atoms with Gasteiger partial charge in [0.25, 0.3) is 0 Å². The maximum atomic E-state index is 14.6. The number of hydrogen-bond acceptors (Lipinski definition) is 7. The number of anilines is 1. The molecule has 31 heavy (non-hydrogen) atoms. The highest BCUT2D eigenvalue weighted by Crippen LogP contribution is 2.32. The minimum Gasteiger partial charge on any atom is -0.481 e. The minimum atomic E-state index is -0.514. The summed E-state index contributed by atoms with van der Waals surface area (Å²) in [5, 5.41) is 3.23. The number of carbonyl (C=O) groups excluding carboxylic acids is 1. The first-order valence-electron chi connectivity index (χ1n) is 10.1. The number of hydrogen-bond donors (Lipinski definition) is 1. The molecule has 1 saturated carbocycles. The topological polar surface area (TPSA) is 86.2 Å². The van der Waals surface area contributed by atoms with E-state index in [9.17, 15) is 9.18 Å². The van der Waals surface area contributed by atoms with Crippen LogP contribution < -0.4 is 10.1 Å². The third kappa shape index (κ3) is 4.47. The molecule has 7 nitrogen and oxygen atoms in total. The van der Waals surface area contributed by atoms with Crippen molar-refractivity contribution in [1.29, 1.82) is 0 Å². The zero-order valence-electron chi connectivity index (χ0n) is 17.3. The monoisotopic (exact) mass is 422 g/mol. The molecule has 8 heteroatoms. The Kier molecular flexibility index (Phi) is 6.06. The molecular weight excluding hydrogens is 399 g/mol. The second-order valence-corrected chi connectivity index (χ2v) is 7.41. The minimum absolute atomic E-state index is 0.0356. The number of esters is 1. The molecule has 1 aliphatic rings. The van der Waals surface area contributed by atoms with Crippen LogP contribution in [0.25, 0.3) is 22.4 Å². The van der Waals surface area contributed by atoms with Crippen molar-refractivity contribution >= 4 is 11.9 Å². The SMILES string of the molecule is COC(=O)[C@@H]1CC[C@H](Nc2ncc(F)c(-c3cccc(-c4cccnc4OC)c3)n2)C1. The molecule has 3 aromatic rings. The van der Waals surface area contributed by atoms with Crippen molar-refractivity contribution in [2.24, 2.45) is 5.92 Å². The van der Waals surface area contributed by atoms with Crippen molar-refractivity contribution < 1.29 is 18.7 Å². The number of pyridine rings is 1. The fraction of sp³-hybridized carbons (Fsp3) is 0.304. The van der Waals surface area contributed by atoms with E-state index in [-0.39, 0.29) is 23.6 Å². The molecule has 2 aromatic heterocycles. The first kappa shape index (κ1) is 20.7. The van der Waals surface area contributed by atoms with Crippen LogP contribution in [0.15, 0.2) is 48.8 Å². The molecule has 160 valence electrons. The Morgan fingerprint density at radius 1 is 1.13 bits per heavy atom. The Hall–Kier alpha value is -3.55. The average Bonchev–Trinajstić information content (AvgIpc) is 3.28. The second-order valence-electron chi connectivity index (χ2n) is 7.41. The number of carbonyl (C=O) groups is 1. The van der Waals surface area contributed by atoms with Gasteiger partial charge in [0.15, 0.2) is 5.82 Å². The van der Waals surface area contributed by atoms with Crippen LogP contribution in [-0.4, -0.2) is 41.2 Å². The molecule has 0 aliphatic heterocycles. The number of methoxy groups -OCH3 is 2. The van der Waals surface area contributed by atoms with Crippen LogP contribution in [0.4, 0.5) is 10.3 Å². The lowest BCUT2D eigenvalue weighted by molar-refractivity contribution is -0.145. The molecule has 1 fully saturated rings. The van der Waals surface area contributed by atoms with E-state index in [1.165, 1.54) is 7.11 Å². The van der Waals surface area contributed by atoms with Gasteiger partial charge in [-0.2, -0.15) is 0 Å². The molecule has 2 heterocycles. The number of benzene rings is 1. The molecule has 1 aromatic carbocycles. The third-order valence-electron chi connectivity index (χ3n) is 5.46. The van der Waals surface area contributed by atoms with Crippen molar-refractivity contribution in [3.05, 3.63) is 54.6 Å². The van der Waals surface area contributed by atoms with Crippen LogP contribution in [-0.2, 0) is 9.53 Å². The van der Waals surface area contributed by atoms with Gasteiger partial charge >= 0.3 is 5.97 Å². The van der Waals surface area contributed by atoms with Gasteiger partial charge in [0.2, 0.25) is 11.8 Å². The van der Waals surface area contributed by atoms with E-state index in [1.807, 2.05) is 30.3 Å². The smallest absolute Gasteiger partial charge is 0.308 e. The molecule has 0 unspecified atom stereocenters. The van der Waals surface area contributed by atoms with E-state index < -0.39 is 5.82 Å². The summed E-state index contributed by atoms with van der Waals surface area (Å²) < 4.78 is 24.8. The average molecular weight is 422 g/mol. The van der Waals surface area contributed by atoms with Crippen LogP contribution in [0, 0.1) is 11.7 Å². The van der Waals surface area contributed by atoms with Gasteiger partial charge in [-0.15, -0.1) is 0 Å². The molecule has 2 atom stereocenters. The van der Waals surface area contributed by atoms with Crippen molar-refractivity contribution in [2.75, 3.05) is 19.5 Å². The molecule has 0 saturated heterocycles. The quantitative estimate of drug-likeness (QED) is 0.598. The number of nitrogens with zero attached hydrogens (tertiary/aromatic N) is 3. The number of ether oxygens (including phenoxy) is 2. The summed E-state index contributed by atoms with van der Waals surface area (Å²) in [6.07, 6.45) is 5.00. The standard InChI is InChI=1S/C23H23FN4O3/c1-30-21-18(7-4-10-25-21)14-5-3-6-15(11-14)20-19(24)13-26-23(28-20)27-17-9-8-16(12-17)22(29)31-2/h3-7,10-11,13,16-17H,8-9,12H2,1-2H3,(H,26,27,28)/t16-,17+/m1/s1. The molecule has 1 aliphatic carbocycles. The largest absolute Gasteiger partial charge is 0.481 e. The van der Waals surface area contributed by atoms with Gasteiger partial charge in [0.1, 0.15) is 5.69 Å². The first-order valence-corrected chi connectivity index (χ1v) is 10.1. The zero-order valence-corrected chi connectivity index (χ0v) is 17.3. The predicted octanol–water partition coefficient (Wildman–Crippen LogP) is 4.11. The van der Waals surface area contributed by atoms with Crippen molar-refractivity contribution in [1.82, 2.24) is 15.0 Å². The Bertz CT molecular complexity index is 1090. The van der Waals surface area contributed by atoms with Gasteiger partial charge in [-0.3, -0.25) is 4.79 Å². The highest BCUT2D eigenvalue weighted by molar-refractivity contribution is 5.75. The lowest BCUT2D eigenvalue weighted by Crippen LogP contribution is -2.20. The summed E-state index contributed by atoms with van der Waals surface area (Å²) in [5.41, 5.74) is 2.46. The van der Waals surface area contributed by atoms with Crippen LogP contribution in [0.2, 0.25) is 0 Å². The normalized spacial score (nSPS) is 17.9. The lowest BCUT2D eigenvalue weighted by atomic mass is 10.0. The van der Waals surface area contributed by atoms with E-state index in [0.29, 0.717) is 23.8 Å². The summed E-state index contributed by atoms with van der Waals surface area (Å²) >= 11 is 0. The lowest BCUT2D eigenvalue weighted by Gasteiger charge is -2.14. The van der Waals surface area contributed by atoms with Crippen molar-refractivity contribution in [2.45, 2.75) is 25.3 Å². The number of rotatable bonds is 6. The molecule has 4 rings (SSSR count). The summed E-state index contributed by atoms with van der Waals surface area (Å²) in [4.78, 5) is 24.5. The number of nitrogens with one attached hydrogen (secondary N) is 1. The Morgan fingerprint density at radius 2 is 1.97 bits per heavy atom. The molecule has 1 N–H and O–H groups in total. The van der Waals surface area contributed by atoms with E-state index in [2.05, 4.69) is 20.3 Å². The summed E-state index contributed by atoms with van der Waals surface area (Å²) in [7, 11) is 2.96. The van der Waals surface area contributed by atoms with E-state index in [0.717, 1.165) is 30.2 Å². The fourth-order valence-electron chi connectivity index (χ4n) is 3.92. The van der Waals surface area contributed by atoms with Crippen LogP contribution in [0.1, 0.15) is 19.3 Å². The number of aromatic nitrogens is 3. The van der Waals surface area contributed by atoms with Gasteiger partial charge in [-0.05, 0) is 43.0 Å². The van der Waals surface area contributed by atoms with Gasteiger partial charge in [0.05, 0.1) is 26.3 Å². The van der Waals surface area contributed by atoms with Gasteiger partial charge in [-0.25, -0.2) is 19.3 Å². The third-order valence-corrected chi connectivity index (χ3v) is 5.46. The molecule has 0 amide bonds. The van der Waals surface area contributed by atoms with E-state index >= 15 is 0 Å². The fourth-order valence-corrected chi connectivity index (χ4v) is 3.92. The molecule has 0 spiro atoms. The maximum absolute atomic E-state index is 14.6. The first-order chi connectivity index (χ1) is 15.1. The van der Waals surface area contributed by atoms with Gasteiger partial charge in [-0.1, -0.05) is 18.2 Å². The molecular formula is C23H23FN4O3. The van der Waals surface area contributed by atoms with E-state index in [4.69, 9.17) is 9.47 Å². The predicted molar refractivity (Wildman–Crippen MR) is 114 cm³/mol. The van der Waals surface area contributed by atoms with Crippen LogP contribution >= 0.6 is 0 Å². The van der Waals surface area contributed by atoms with E-state index in [1.54, 1.807) is 19.4 Å². The highest BCUT2D eigenvalue weighted by Gasteiger charge is 2.31. The van der Waals surface area contributed by atoms with Gasteiger partial charge in [0, 0.05) is 23.4 Å². The van der Waals surface area contributed by atoms with Gasteiger partial charge < -0.3 is 14.8 Å². The Balaban J connectivity index is 1.59. The van der Waals surface area contributed by atoms with Crippen molar-refractivity contribution in [3.8, 4) is 28.3 Å². The highest BCUT2D eigenvalue weighted by atomic mass is 19.1.